The Balaban J connectivity index is 2.02. The van der Waals surface area contributed by atoms with Crippen LogP contribution in [0.3, 0.4) is 0 Å². The second-order valence-electron chi connectivity index (χ2n) is 5.19. The molecular weight excluding hydrogens is 354 g/mol. The van der Waals surface area contributed by atoms with Crippen molar-refractivity contribution in [2.45, 2.75) is 23.3 Å². The highest BCUT2D eigenvalue weighted by Crippen LogP contribution is 2.38. The molecule has 1 aliphatic heterocycles. The molecule has 0 N–H and O–H groups in total. The van der Waals surface area contributed by atoms with Gasteiger partial charge in [-0.25, -0.2) is 8.42 Å². The Morgan fingerprint density at radius 3 is 2.33 bits per heavy atom. The summed E-state index contributed by atoms with van der Waals surface area (Å²) in [5.41, 5.74) is -0.695. The molecule has 1 aromatic carbocycles. The normalized spacial score (nSPS) is 21.3. The van der Waals surface area contributed by atoms with Gasteiger partial charge in [0.05, 0.1) is 10.4 Å². The highest BCUT2D eigenvalue weighted by molar-refractivity contribution is 9.10. The van der Waals surface area contributed by atoms with Gasteiger partial charge in [0.15, 0.2) is 5.78 Å². The summed E-state index contributed by atoms with van der Waals surface area (Å²) in [5.74, 6) is -0.103. The quantitative estimate of drug-likeness (QED) is 0.807. The molecule has 1 aliphatic carbocycles. The van der Waals surface area contributed by atoms with Crippen molar-refractivity contribution in [2.24, 2.45) is 0 Å². The zero-order chi connectivity index (χ0) is 15.1. The van der Waals surface area contributed by atoms with E-state index in [0.717, 1.165) is 10.9 Å². The largest absolute Gasteiger partial charge is 0.290 e. The Bertz CT molecular complexity index is 719. The van der Waals surface area contributed by atoms with Crippen molar-refractivity contribution >= 4 is 31.7 Å². The lowest BCUT2D eigenvalue weighted by Gasteiger charge is -2.33. The number of carbonyl (C=O) groups is 1. The van der Waals surface area contributed by atoms with E-state index in [2.05, 4.69) is 15.9 Å². The minimum absolute atomic E-state index is 0.103. The molecule has 110 valence electrons. The lowest BCUT2D eigenvalue weighted by Crippen LogP contribution is -2.45. The number of carbonyl (C=O) groups excluding carboxylic acids is 1. The fourth-order valence-electron chi connectivity index (χ4n) is 2.81. The average Bonchev–Trinajstić information content (AvgIpc) is 2.87. The smallest absolute Gasteiger partial charge is 0.244 e. The summed E-state index contributed by atoms with van der Waals surface area (Å²) in [6, 6.07) is 6.61. The summed E-state index contributed by atoms with van der Waals surface area (Å²) >= 11 is 3.30. The Labute approximate surface area is 132 Å². The van der Waals surface area contributed by atoms with E-state index in [4.69, 9.17) is 0 Å². The van der Waals surface area contributed by atoms with E-state index < -0.39 is 15.6 Å². The van der Waals surface area contributed by atoms with Crippen LogP contribution in [0.1, 0.15) is 12.8 Å². The molecule has 4 nitrogen and oxygen atoms in total. The number of allylic oxidation sites excluding steroid dienone is 2. The number of sulfonamides is 1. The summed E-state index contributed by atoms with van der Waals surface area (Å²) in [6.07, 6.45) is 7.80. The monoisotopic (exact) mass is 367 g/mol. The van der Waals surface area contributed by atoms with Gasteiger partial charge in [0.2, 0.25) is 10.0 Å². The first-order valence-electron chi connectivity index (χ1n) is 6.65. The molecule has 1 aromatic rings. The molecule has 2 aliphatic rings. The number of halogens is 1. The van der Waals surface area contributed by atoms with Gasteiger partial charge in [-0.1, -0.05) is 28.1 Å². The molecule has 0 bridgehead atoms. The number of hydrogen-bond donors (Lipinski definition) is 0. The third-order valence-corrected chi connectivity index (χ3v) is 6.38. The molecule has 1 spiro atoms. The van der Waals surface area contributed by atoms with Gasteiger partial charge in [-0.15, -0.1) is 0 Å². The molecule has 1 fully saturated rings. The van der Waals surface area contributed by atoms with Gasteiger partial charge in [0.1, 0.15) is 0 Å². The number of benzene rings is 1. The fourth-order valence-corrected chi connectivity index (χ4v) is 4.84. The molecule has 0 saturated carbocycles. The molecule has 1 saturated heterocycles. The molecule has 0 amide bonds. The van der Waals surface area contributed by atoms with Gasteiger partial charge in [-0.3, -0.25) is 4.79 Å². The molecule has 0 radical (unpaired) electrons. The zero-order valence-corrected chi connectivity index (χ0v) is 13.6. The van der Waals surface area contributed by atoms with Gasteiger partial charge in [-0.2, -0.15) is 4.31 Å². The summed E-state index contributed by atoms with van der Waals surface area (Å²) in [4.78, 5) is 11.6. The van der Waals surface area contributed by atoms with E-state index in [0.29, 0.717) is 13.0 Å². The van der Waals surface area contributed by atoms with Crippen LogP contribution in [0.25, 0.3) is 0 Å². The van der Waals surface area contributed by atoms with E-state index >= 15 is 0 Å². The highest BCUT2D eigenvalue weighted by Gasteiger charge is 2.45. The van der Waals surface area contributed by atoms with E-state index in [1.54, 1.807) is 36.4 Å². The van der Waals surface area contributed by atoms with Crippen molar-refractivity contribution in [1.82, 2.24) is 4.31 Å². The predicted molar refractivity (Wildman–Crippen MR) is 83.3 cm³/mol. The topological polar surface area (TPSA) is 54.5 Å². The van der Waals surface area contributed by atoms with E-state index in [-0.39, 0.29) is 10.7 Å². The molecule has 0 atom stereocenters. The molecular formula is C15H14BrNO3S. The van der Waals surface area contributed by atoms with Gasteiger partial charge < -0.3 is 0 Å². The third kappa shape index (κ3) is 2.52. The molecule has 1 heterocycles. The van der Waals surface area contributed by atoms with Crippen LogP contribution in [0.4, 0.5) is 0 Å². The second-order valence-corrected chi connectivity index (χ2v) is 7.97. The van der Waals surface area contributed by atoms with Gasteiger partial charge in [-0.05, 0) is 49.3 Å². The molecule has 6 heteroatoms. The second kappa shape index (κ2) is 5.19. The standard InChI is InChI=1S/C15H14BrNO3S/c16-12-2-4-14(5-3-12)21(19,20)17-11-1-8-15(17)9-6-13(18)7-10-15/h2-7,9-10H,1,8,11H2. The number of nitrogens with zero attached hydrogens (tertiary/aromatic N) is 1. The molecule has 0 aromatic heterocycles. The summed E-state index contributed by atoms with van der Waals surface area (Å²) in [5, 5.41) is 0. The molecule has 21 heavy (non-hydrogen) atoms. The van der Waals surface area contributed by atoms with Crippen molar-refractivity contribution in [2.75, 3.05) is 6.54 Å². The van der Waals surface area contributed by atoms with Crippen LogP contribution >= 0.6 is 15.9 Å². The van der Waals surface area contributed by atoms with Crippen LogP contribution in [0.2, 0.25) is 0 Å². The lowest BCUT2D eigenvalue weighted by atomic mass is 9.92. The Morgan fingerprint density at radius 1 is 1.10 bits per heavy atom. The summed E-state index contributed by atoms with van der Waals surface area (Å²) in [7, 11) is -3.58. The van der Waals surface area contributed by atoms with Crippen LogP contribution in [0, 0.1) is 0 Å². The average molecular weight is 368 g/mol. The predicted octanol–water partition coefficient (Wildman–Crippen LogP) is 2.67. The van der Waals surface area contributed by atoms with Crippen LogP contribution in [-0.4, -0.2) is 30.6 Å². The maximum atomic E-state index is 12.9. The minimum atomic E-state index is -3.58. The lowest BCUT2D eigenvalue weighted by molar-refractivity contribution is -0.110. The van der Waals surface area contributed by atoms with Crippen LogP contribution < -0.4 is 0 Å². The third-order valence-electron chi connectivity index (χ3n) is 3.88. The Hall–Kier alpha value is -1.24. The number of rotatable bonds is 2. The van der Waals surface area contributed by atoms with Crippen LogP contribution in [0.5, 0.6) is 0 Å². The van der Waals surface area contributed by atoms with Gasteiger partial charge in [0.25, 0.3) is 0 Å². The first-order valence-corrected chi connectivity index (χ1v) is 8.88. The van der Waals surface area contributed by atoms with Crippen molar-refractivity contribution in [3.8, 4) is 0 Å². The first kappa shape index (κ1) is 14.7. The maximum absolute atomic E-state index is 12.9. The molecule has 0 unspecified atom stereocenters. The SMILES string of the molecule is O=C1C=CC2(C=C1)CCCN2S(=O)(=O)c1ccc(Br)cc1. The van der Waals surface area contributed by atoms with Crippen molar-refractivity contribution in [3.63, 3.8) is 0 Å². The fraction of sp³-hybridized carbons (Fsp3) is 0.267. The Kier molecular flexibility index (Phi) is 3.63. The van der Waals surface area contributed by atoms with Crippen molar-refractivity contribution in [1.29, 1.82) is 0 Å². The number of hydrogen-bond acceptors (Lipinski definition) is 3. The zero-order valence-electron chi connectivity index (χ0n) is 11.2. The van der Waals surface area contributed by atoms with Crippen molar-refractivity contribution in [3.05, 3.63) is 53.0 Å². The van der Waals surface area contributed by atoms with E-state index in [1.807, 2.05) is 0 Å². The summed E-state index contributed by atoms with van der Waals surface area (Å²) < 4.78 is 28.0. The van der Waals surface area contributed by atoms with E-state index in [1.165, 1.54) is 16.5 Å². The van der Waals surface area contributed by atoms with Crippen LogP contribution in [-0.2, 0) is 14.8 Å². The van der Waals surface area contributed by atoms with Crippen molar-refractivity contribution < 1.29 is 13.2 Å². The Morgan fingerprint density at radius 2 is 1.71 bits per heavy atom. The van der Waals surface area contributed by atoms with Gasteiger partial charge >= 0.3 is 0 Å². The van der Waals surface area contributed by atoms with Crippen LogP contribution in [0.15, 0.2) is 57.9 Å². The summed E-state index contributed by atoms with van der Waals surface area (Å²) in [6.45, 7) is 0.460. The highest BCUT2D eigenvalue weighted by atomic mass is 79.9. The maximum Gasteiger partial charge on any atom is 0.244 e. The minimum Gasteiger partial charge on any atom is -0.290 e. The number of ketones is 1. The first-order chi connectivity index (χ1) is 9.94. The molecule has 3 rings (SSSR count). The van der Waals surface area contributed by atoms with Gasteiger partial charge in [0, 0.05) is 11.0 Å². The van der Waals surface area contributed by atoms with E-state index in [9.17, 15) is 13.2 Å².